The average Bonchev–Trinajstić information content (AvgIpc) is 0.764. The zero-order valence-electron chi connectivity index (χ0n) is 75.8. The van der Waals surface area contributed by atoms with Crippen LogP contribution in [-0.4, -0.2) is 45.4 Å². The fourth-order valence-electron chi connectivity index (χ4n) is 16.0. The van der Waals surface area contributed by atoms with Crippen LogP contribution >= 0.6 is 0 Å². The van der Waals surface area contributed by atoms with Gasteiger partial charge in [0.15, 0.2) is 0 Å². The third-order valence-electron chi connectivity index (χ3n) is 27.6. The molecule has 0 radical (unpaired) electrons. The lowest BCUT2D eigenvalue weighted by molar-refractivity contribution is -0.0946. The van der Waals surface area contributed by atoms with Crippen LogP contribution in [0.3, 0.4) is 0 Å². The number of hydrogen-bond donors (Lipinski definition) is 0. The lowest BCUT2D eigenvalue weighted by Gasteiger charge is -2.51. The fourth-order valence-corrected chi connectivity index (χ4v) is 16.0. The second-order valence-electron chi connectivity index (χ2n) is 36.1. The lowest BCUT2D eigenvalue weighted by Crippen LogP contribution is -2.51. The third kappa shape index (κ3) is 35.2. The Labute approximate surface area is 616 Å². The van der Waals surface area contributed by atoms with Crippen LogP contribution in [0.25, 0.3) is 0 Å². The van der Waals surface area contributed by atoms with Gasteiger partial charge in [0.05, 0.1) is 0 Å². The summed E-state index contributed by atoms with van der Waals surface area (Å²) in [5.41, 5.74) is -8.81. The molecule has 0 fully saturated rings. The van der Waals surface area contributed by atoms with Crippen LogP contribution in [0.15, 0.2) is 0 Å². The molecule has 5 unspecified atom stereocenters. The van der Waals surface area contributed by atoms with Crippen molar-refractivity contribution in [3.05, 3.63) is 0 Å². The molecule has 0 aliphatic carbocycles. The molecule has 0 nitrogen and oxygen atoms in total. The molecule has 0 aromatic carbocycles. The monoisotopic (exact) mass is 1420 g/mol. The Morgan fingerprint density at radius 2 is 0.459 bits per heavy atom. The largest absolute Gasteiger partial charge is 0.244 e. The van der Waals surface area contributed by atoms with E-state index in [0.29, 0.717) is 36.5 Å². The van der Waals surface area contributed by atoms with Gasteiger partial charge >= 0.3 is 0 Å². The summed E-state index contributed by atoms with van der Waals surface area (Å²) in [5, 5.41) is 0. The van der Waals surface area contributed by atoms with E-state index in [1.165, 1.54) is 0 Å². The van der Waals surface area contributed by atoms with Gasteiger partial charge in [0, 0.05) is 21.7 Å². The van der Waals surface area contributed by atoms with Crippen molar-refractivity contribution in [3.63, 3.8) is 0 Å². The summed E-state index contributed by atoms with van der Waals surface area (Å²) in [7, 11) is 0. The Morgan fingerprint density at radius 3 is 0.592 bits per heavy atom. The van der Waals surface area contributed by atoms with Gasteiger partial charge in [-0.05, 0) is 202 Å². The van der Waals surface area contributed by atoms with Crippen molar-refractivity contribution < 1.29 is 35.1 Å². The van der Waals surface area contributed by atoms with E-state index in [1.807, 2.05) is 90.0 Å². The maximum absolute atomic E-state index is 15.2. The molecule has 0 aromatic rings. The maximum Gasteiger partial charge on any atom is 0.118 e. The van der Waals surface area contributed by atoms with Gasteiger partial charge in [0.1, 0.15) is 45.4 Å². The van der Waals surface area contributed by atoms with Gasteiger partial charge < -0.3 is 0 Å². The third-order valence-corrected chi connectivity index (χ3v) is 27.6. The minimum absolute atomic E-state index is 0.0994. The first kappa shape index (κ1) is 113. The summed E-state index contributed by atoms with van der Waals surface area (Å²) >= 11 is 0. The normalized spacial score (nSPS) is 16.0. The van der Waals surface area contributed by atoms with Crippen LogP contribution in [-0.2, 0) is 0 Å². The van der Waals surface area contributed by atoms with Crippen LogP contribution in [0, 0.1) is 105 Å². The van der Waals surface area contributed by atoms with Gasteiger partial charge in [-0.25, -0.2) is 35.1 Å². The smallest absolute Gasteiger partial charge is 0.118 e. The molecular weight excluding hydrogens is 1230 g/mol. The molecule has 604 valence electrons. The first-order chi connectivity index (χ1) is 43.9. The van der Waals surface area contributed by atoms with E-state index in [-0.39, 0.29) is 80.8 Å². The molecule has 0 spiro atoms. The summed E-state index contributed by atoms with van der Waals surface area (Å²) < 4.78 is 114. The first-order valence-electron chi connectivity index (χ1n) is 41.4. The van der Waals surface area contributed by atoms with E-state index in [1.54, 1.807) is 48.5 Å². The predicted octanol–water partition coefficient (Wildman–Crippen LogP) is 34.1. The number of rotatable bonds is 36. The highest BCUT2D eigenvalue weighted by atomic mass is 19.2. The highest BCUT2D eigenvalue weighted by Gasteiger charge is 2.53. The minimum atomic E-state index is -1.09. The van der Waals surface area contributed by atoms with Crippen LogP contribution < -0.4 is 0 Å². The molecule has 0 saturated heterocycles. The van der Waals surface area contributed by atoms with Crippen LogP contribution in [0.2, 0.25) is 0 Å². The van der Waals surface area contributed by atoms with Crippen LogP contribution in [0.5, 0.6) is 0 Å². The molecule has 0 amide bonds. The predicted molar refractivity (Wildman–Crippen MR) is 433 cm³/mol. The fraction of sp³-hybridized carbons (Fsp3) is 1.00. The molecule has 0 aliphatic heterocycles. The average molecular weight is 1420 g/mol. The Morgan fingerprint density at radius 1 is 0.235 bits per heavy atom. The van der Waals surface area contributed by atoms with Crippen molar-refractivity contribution >= 4 is 0 Å². The van der Waals surface area contributed by atoms with Crippen molar-refractivity contribution in [2.24, 2.45) is 105 Å². The SMILES string of the molecule is CC(C)C(C(C)C)C(C)(F)C(C)C.CC(C)C(C)(F)C(C)C.CCC(C)(CC)C(C)(F)C(C)(CC)CC.CCC(C)(CC)C(C)(F)C(C)C.CCC(CC)C(C)(F)C(C)C.CCC(CC)C(C)(F)C(CC)CC.CCCC(C)(F)C(C(C)C)C(C)C.CCCC(C)(F)C(C)(CC)CC. The molecule has 0 rings (SSSR count). The van der Waals surface area contributed by atoms with Gasteiger partial charge in [0.25, 0.3) is 0 Å². The Kier molecular flexibility index (Phi) is 58.8. The van der Waals surface area contributed by atoms with E-state index in [2.05, 4.69) is 180 Å². The Bertz CT molecular complexity index is 1750. The van der Waals surface area contributed by atoms with E-state index in [0.717, 1.165) is 103 Å². The Hall–Kier alpha value is -0.560. The topological polar surface area (TPSA) is 0 Å². The zero-order chi connectivity index (χ0) is 80.8. The highest BCUT2D eigenvalue weighted by molar-refractivity contribution is 5.03. The summed E-state index contributed by atoms with van der Waals surface area (Å²) in [6.45, 7) is 92.0. The van der Waals surface area contributed by atoms with Gasteiger partial charge in [0.2, 0.25) is 0 Å². The Balaban J connectivity index is -0.000000158. The molecule has 0 saturated carbocycles. The van der Waals surface area contributed by atoms with Crippen molar-refractivity contribution in [2.75, 3.05) is 0 Å². The summed E-state index contributed by atoms with van der Waals surface area (Å²) in [5.74, 6) is 3.31. The molecule has 0 heterocycles. The van der Waals surface area contributed by atoms with E-state index in [4.69, 9.17) is 0 Å². The number of alkyl halides is 8. The molecule has 8 heteroatoms. The van der Waals surface area contributed by atoms with E-state index >= 15 is 4.39 Å². The second kappa shape index (κ2) is 50.8. The molecule has 0 aromatic heterocycles. The second-order valence-corrected chi connectivity index (χ2v) is 36.1. The van der Waals surface area contributed by atoms with Gasteiger partial charge in [-0.1, -0.05) is 314 Å². The maximum atomic E-state index is 15.2. The van der Waals surface area contributed by atoms with Crippen LogP contribution in [0.1, 0.15) is 434 Å². The van der Waals surface area contributed by atoms with E-state index < -0.39 is 45.4 Å². The molecule has 0 aliphatic rings. The quantitative estimate of drug-likeness (QED) is 0.0549. The van der Waals surface area contributed by atoms with E-state index in [9.17, 15) is 30.7 Å². The van der Waals surface area contributed by atoms with Crippen molar-refractivity contribution in [1.29, 1.82) is 0 Å². The molecule has 98 heavy (non-hydrogen) atoms. The molecule has 5 atom stereocenters. The number of hydrogen-bond acceptors (Lipinski definition) is 0. The van der Waals surface area contributed by atoms with Gasteiger partial charge in [-0.3, -0.25) is 0 Å². The highest BCUT2D eigenvalue weighted by Crippen LogP contribution is 2.54. The zero-order valence-corrected chi connectivity index (χ0v) is 75.8. The van der Waals surface area contributed by atoms with Gasteiger partial charge in [-0.2, -0.15) is 0 Å². The summed E-state index contributed by atoms with van der Waals surface area (Å²) in [6, 6.07) is 0. The first-order valence-corrected chi connectivity index (χ1v) is 41.4. The summed E-state index contributed by atoms with van der Waals surface area (Å²) in [4.78, 5) is 0. The molecule has 0 bridgehead atoms. The van der Waals surface area contributed by atoms with Crippen molar-refractivity contribution in [1.82, 2.24) is 0 Å². The van der Waals surface area contributed by atoms with Crippen molar-refractivity contribution in [3.8, 4) is 0 Å². The van der Waals surface area contributed by atoms with Gasteiger partial charge in [-0.15, -0.1) is 0 Å². The molecule has 0 N–H and O–H groups in total. The summed E-state index contributed by atoms with van der Waals surface area (Å²) in [6.07, 6.45) is 16.3. The lowest BCUT2D eigenvalue weighted by atomic mass is 9.57. The minimum Gasteiger partial charge on any atom is -0.244 e. The van der Waals surface area contributed by atoms with Crippen molar-refractivity contribution in [2.45, 2.75) is 479 Å². The standard InChI is InChI=1S/C14H29F.3C12H25F.2C11H23F.C10H21F.C8H17F/c1-8-12(5,9-2)14(7,15)13(6,10-3)11-4;1-8(2)11(9(3)4)12(7,13)10(5)6;1-7-8-12(6,13)11(9(2)3)10(4)5;1-6-10(7-2)12(5,13)11(8-3)9-4;1-7-10(5,8-2)11(6,12)9(3)4;1-6-9-11(5,12)10(4,7-2)8-3;1-6-9(7-2)10(5,11)8(3)4;1-6(2)8(5,9)7(3)4/h8-11H2,1-7H3;8-11H,1-7H3;9-11H,7-8H2,1-6H3;10-11H,6-9H2,1-5H3;9H,7-8H2,1-6H3;6-9H2,1-5H3;8-9H,6-7H2,1-5H3;6-7H,1-5H3. The van der Waals surface area contributed by atoms with Crippen LogP contribution in [0.4, 0.5) is 35.1 Å². The molecular formula is C90H188F8. The number of halogens is 8.